The molecule has 0 N–H and O–H groups in total. The molecule has 0 aliphatic heterocycles. The lowest BCUT2D eigenvalue weighted by Crippen LogP contribution is -2.12. The normalized spacial score (nSPS) is 11.5. The van der Waals surface area contributed by atoms with Crippen molar-refractivity contribution in [2.75, 3.05) is 0 Å². The van der Waals surface area contributed by atoms with E-state index in [-0.39, 0.29) is 5.76 Å². The molecular formula is C18H17NO2. The highest BCUT2D eigenvalue weighted by Gasteiger charge is 2.06. The molecule has 0 spiro atoms. The molecule has 3 heteroatoms. The number of allylic oxidation sites excluding steroid dienone is 1. The lowest BCUT2D eigenvalue weighted by molar-refractivity contribution is 0.520. The summed E-state index contributed by atoms with van der Waals surface area (Å²) in [6, 6.07) is 13.9. The number of aromatic nitrogens is 1. The largest absolute Gasteiger partial charge is 0.420 e. The molecule has 0 amide bonds. The Labute approximate surface area is 123 Å². The number of para-hydroxylation sites is 2. The molecule has 106 valence electrons. The van der Waals surface area contributed by atoms with Gasteiger partial charge in [0, 0.05) is 6.54 Å². The van der Waals surface area contributed by atoms with Gasteiger partial charge in [-0.15, -0.1) is 0 Å². The molecule has 0 aliphatic rings. The molecule has 3 nitrogen and oxygen atoms in total. The molecule has 3 aromatic rings. The van der Waals surface area contributed by atoms with Crippen LogP contribution in [0.25, 0.3) is 17.2 Å². The zero-order valence-corrected chi connectivity index (χ0v) is 12.2. The van der Waals surface area contributed by atoms with E-state index < -0.39 is 0 Å². The van der Waals surface area contributed by atoms with Gasteiger partial charge < -0.3 is 4.42 Å². The number of aryl methyl sites for hydroxylation is 2. The second-order valence-electron chi connectivity index (χ2n) is 5.27. The first-order chi connectivity index (χ1) is 10.1. The van der Waals surface area contributed by atoms with E-state index in [4.69, 9.17) is 4.42 Å². The van der Waals surface area contributed by atoms with E-state index in [1.807, 2.05) is 30.4 Å². The highest BCUT2D eigenvalue weighted by molar-refractivity contribution is 5.72. The molecule has 0 bridgehead atoms. The number of rotatable bonds is 3. The van der Waals surface area contributed by atoms with Crippen molar-refractivity contribution in [1.82, 2.24) is 4.57 Å². The van der Waals surface area contributed by atoms with Gasteiger partial charge in [-0.1, -0.05) is 53.6 Å². The number of oxazole rings is 1. The lowest BCUT2D eigenvalue weighted by Gasteiger charge is -2.00. The van der Waals surface area contributed by atoms with E-state index in [0.29, 0.717) is 12.1 Å². The van der Waals surface area contributed by atoms with Crippen molar-refractivity contribution >= 4 is 17.2 Å². The quantitative estimate of drug-likeness (QED) is 0.728. The zero-order chi connectivity index (χ0) is 14.8. The number of fused-ring (bicyclic) bond motifs is 1. The van der Waals surface area contributed by atoms with E-state index in [1.165, 1.54) is 11.1 Å². The molecule has 0 unspecified atom stereocenters. The standard InChI is InChI=1S/C18H17NO2/c1-13-10-14(2)12-15(11-13)6-5-9-19-16-7-3-4-8-17(16)21-18(19)20/h3-8,10-12H,9H2,1-2H3/b6-5+. The first-order valence-electron chi connectivity index (χ1n) is 6.97. The average Bonchev–Trinajstić information content (AvgIpc) is 2.74. The van der Waals surface area contributed by atoms with Crippen LogP contribution in [-0.4, -0.2) is 4.57 Å². The molecule has 0 atom stereocenters. The van der Waals surface area contributed by atoms with Gasteiger partial charge in [0.05, 0.1) is 5.52 Å². The zero-order valence-electron chi connectivity index (χ0n) is 12.2. The number of hydrogen-bond donors (Lipinski definition) is 0. The maximum atomic E-state index is 11.9. The minimum Gasteiger partial charge on any atom is -0.408 e. The summed E-state index contributed by atoms with van der Waals surface area (Å²) in [5.41, 5.74) is 5.07. The van der Waals surface area contributed by atoms with Gasteiger partial charge in [0.2, 0.25) is 0 Å². The fraction of sp³-hybridized carbons (Fsp3) is 0.167. The molecule has 0 aliphatic carbocycles. The number of hydrogen-bond acceptors (Lipinski definition) is 2. The summed E-state index contributed by atoms with van der Waals surface area (Å²) in [6.07, 6.45) is 4.02. The Morgan fingerprint density at radius 3 is 2.57 bits per heavy atom. The molecule has 1 heterocycles. The Morgan fingerprint density at radius 1 is 1.10 bits per heavy atom. The van der Waals surface area contributed by atoms with Gasteiger partial charge in [-0.25, -0.2) is 4.79 Å². The summed E-state index contributed by atoms with van der Waals surface area (Å²) >= 11 is 0. The van der Waals surface area contributed by atoms with Crippen LogP contribution in [0, 0.1) is 13.8 Å². The minimum atomic E-state index is -0.318. The van der Waals surface area contributed by atoms with E-state index in [2.05, 4.69) is 32.0 Å². The van der Waals surface area contributed by atoms with Crippen LogP contribution < -0.4 is 5.76 Å². The summed E-state index contributed by atoms with van der Waals surface area (Å²) < 4.78 is 6.85. The van der Waals surface area contributed by atoms with E-state index in [9.17, 15) is 4.79 Å². The lowest BCUT2D eigenvalue weighted by atomic mass is 10.1. The van der Waals surface area contributed by atoms with E-state index >= 15 is 0 Å². The van der Waals surface area contributed by atoms with Gasteiger partial charge in [-0.3, -0.25) is 4.57 Å². The molecule has 1 aromatic heterocycles. The van der Waals surface area contributed by atoms with Crippen LogP contribution in [0.15, 0.2) is 57.8 Å². The van der Waals surface area contributed by atoms with Crippen molar-refractivity contribution < 1.29 is 4.42 Å². The Hall–Kier alpha value is -2.55. The predicted octanol–water partition coefficient (Wildman–Crippen LogP) is 3.92. The van der Waals surface area contributed by atoms with Crippen molar-refractivity contribution in [2.24, 2.45) is 0 Å². The van der Waals surface area contributed by atoms with Crippen LogP contribution in [-0.2, 0) is 6.54 Å². The van der Waals surface area contributed by atoms with Gasteiger partial charge in [0.1, 0.15) is 0 Å². The molecule has 0 saturated heterocycles. The predicted molar refractivity (Wildman–Crippen MR) is 85.4 cm³/mol. The smallest absolute Gasteiger partial charge is 0.408 e. The van der Waals surface area contributed by atoms with Gasteiger partial charge >= 0.3 is 5.76 Å². The van der Waals surface area contributed by atoms with E-state index in [0.717, 1.165) is 11.1 Å². The Bertz CT molecular complexity index is 848. The third kappa shape index (κ3) is 2.82. The van der Waals surface area contributed by atoms with Gasteiger partial charge in [-0.2, -0.15) is 0 Å². The number of nitrogens with zero attached hydrogens (tertiary/aromatic N) is 1. The molecule has 0 saturated carbocycles. The van der Waals surface area contributed by atoms with Crippen LogP contribution in [0.2, 0.25) is 0 Å². The third-order valence-corrected chi connectivity index (χ3v) is 3.42. The summed E-state index contributed by atoms with van der Waals surface area (Å²) in [7, 11) is 0. The van der Waals surface area contributed by atoms with Crippen molar-refractivity contribution in [1.29, 1.82) is 0 Å². The van der Waals surface area contributed by atoms with Crippen LogP contribution in [0.1, 0.15) is 16.7 Å². The SMILES string of the molecule is Cc1cc(C)cc(/C=C/Cn2c(=O)oc3ccccc32)c1. The van der Waals surface area contributed by atoms with Crippen LogP contribution in [0.5, 0.6) is 0 Å². The highest BCUT2D eigenvalue weighted by Crippen LogP contribution is 2.13. The van der Waals surface area contributed by atoms with Crippen LogP contribution in [0.3, 0.4) is 0 Å². The van der Waals surface area contributed by atoms with Crippen molar-refractivity contribution in [3.63, 3.8) is 0 Å². The van der Waals surface area contributed by atoms with Crippen molar-refractivity contribution in [3.05, 3.63) is 75.8 Å². The fourth-order valence-corrected chi connectivity index (χ4v) is 2.59. The summed E-state index contributed by atoms with van der Waals surface area (Å²) in [5.74, 6) is -0.318. The van der Waals surface area contributed by atoms with Gasteiger partial charge in [0.25, 0.3) is 0 Å². The minimum absolute atomic E-state index is 0.318. The third-order valence-electron chi connectivity index (χ3n) is 3.42. The monoisotopic (exact) mass is 279 g/mol. The molecule has 0 fully saturated rings. The van der Waals surface area contributed by atoms with Crippen LogP contribution in [0.4, 0.5) is 0 Å². The van der Waals surface area contributed by atoms with Crippen molar-refractivity contribution in [2.45, 2.75) is 20.4 Å². The average molecular weight is 279 g/mol. The fourth-order valence-electron chi connectivity index (χ4n) is 2.59. The molecule has 0 radical (unpaired) electrons. The Balaban J connectivity index is 1.88. The summed E-state index contributed by atoms with van der Waals surface area (Å²) in [5, 5.41) is 0. The maximum absolute atomic E-state index is 11.9. The molecular weight excluding hydrogens is 262 g/mol. The first-order valence-corrected chi connectivity index (χ1v) is 6.97. The maximum Gasteiger partial charge on any atom is 0.420 e. The molecule has 3 rings (SSSR count). The molecule has 2 aromatic carbocycles. The van der Waals surface area contributed by atoms with E-state index in [1.54, 1.807) is 10.6 Å². The van der Waals surface area contributed by atoms with Crippen molar-refractivity contribution in [3.8, 4) is 0 Å². The summed E-state index contributed by atoms with van der Waals surface area (Å²) in [6.45, 7) is 4.67. The Kier molecular flexibility index (Phi) is 3.48. The topological polar surface area (TPSA) is 35.1 Å². The molecule has 21 heavy (non-hydrogen) atoms. The summed E-state index contributed by atoms with van der Waals surface area (Å²) in [4.78, 5) is 11.9. The first kappa shape index (κ1) is 13.4. The Morgan fingerprint density at radius 2 is 1.81 bits per heavy atom. The second-order valence-corrected chi connectivity index (χ2v) is 5.27. The van der Waals surface area contributed by atoms with Gasteiger partial charge in [0.15, 0.2) is 5.58 Å². The second kappa shape index (κ2) is 5.44. The van der Waals surface area contributed by atoms with Crippen LogP contribution >= 0.6 is 0 Å². The highest BCUT2D eigenvalue weighted by atomic mass is 16.4. The number of benzene rings is 2. The van der Waals surface area contributed by atoms with Gasteiger partial charge in [-0.05, 0) is 31.5 Å².